The molecular formula is C37H65N3O26. The predicted octanol–water partition coefficient (Wildman–Crippen LogP) is -11.5. The molecule has 5 heterocycles. The van der Waals surface area contributed by atoms with Gasteiger partial charge in [0.25, 0.3) is 0 Å². The molecule has 384 valence electrons. The van der Waals surface area contributed by atoms with E-state index in [9.17, 15) is 86.2 Å². The van der Waals surface area contributed by atoms with Crippen LogP contribution in [0.4, 0.5) is 0 Å². The average Bonchev–Trinajstić information content (AvgIpc) is 3.30. The third kappa shape index (κ3) is 12.3. The monoisotopic (exact) mass is 967 g/mol. The molecule has 0 spiro atoms. The van der Waals surface area contributed by atoms with Gasteiger partial charge in [-0.2, -0.15) is 0 Å². The van der Waals surface area contributed by atoms with Crippen LogP contribution in [0.15, 0.2) is 0 Å². The predicted molar refractivity (Wildman–Crippen MR) is 207 cm³/mol. The van der Waals surface area contributed by atoms with E-state index in [1.807, 2.05) is 6.92 Å². The number of hydrogen-bond donors (Lipinski definition) is 18. The Balaban J connectivity index is 1.24. The highest BCUT2D eigenvalue weighted by Gasteiger charge is 2.56. The summed E-state index contributed by atoms with van der Waals surface area (Å²) in [5.41, 5.74) is 6.28. The normalized spacial score (nSPS) is 46.7. The van der Waals surface area contributed by atoms with Gasteiger partial charge >= 0.3 is 0 Å². The zero-order chi connectivity index (χ0) is 48.7. The molecule has 5 aliphatic rings. The van der Waals surface area contributed by atoms with Crippen molar-refractivity contribution in [2.45, 2.75) is 180 Å². The summed E-state index contributed by atoms with van der Waals surface area (Å²) in [6.07, 6.45) is -42.1. The minimum absolute atomic E-state index is 0.176. The molecule has 0 aromatic heterocycles. The Labute approximate surface area is 376 Å². The van der Waals surface area contributed by atoms with Crippen molar-refractivity contribution in [3.05, 3.63) is 0 Å². The molecule has 29 nitrogen and oxygen atoms in total. The van der Waals surface area contributed by atoms with Gasteiger partial charge in [-0.3, -0.25) is 9.59 Å². The van der Waals surface area contributed by atoms with E-state index in [0.717, 1.165) is 6.42 Å². The number of unbranched alkanes of at least 4 members (excludes halogenated alkanes) is 1. The van der Waals surface area contributed by atoms with E-state index >= 15 is 0 Å². The molecule has 5 aliphatic heterocycles. The summed E-state index contributed by atoms with van der Waals surface area (Å²) in [5, 5.41) is 164. The van der Waals surface area contributed by atoms with Gasteiger partial charge in [0, 0.05) is 6.42 Å². The van der Waals surface area contributed by atoms with E-state index in [-0.39, 0.29) is 6.42 Å². The maximum Gasteiger partial charge on any atom is 0.241 e. The van der Waals surface area contributed by atoms with Crippen LogP contribution in [-0.2, 0) is 52.2 Å². The largest absolute Gasteiger partial charge is 0.394 e. The fourth-order valence-electron chi connectivity index (χ4n) is 8.02. The highest BCUT2D eigenvalue weighted by molar-refractivity contribution is 5.84. The minimum Gasteiger partial charge on any atom is -0.394 e. The third-order valence-electron chi connectivity index (χ3n) is 11.9. The second kappa shape index (κ2) is 24.7. The lowest BCUT2D eigenvalue weighted by molar-refractivity contribution is -0.384. The lowest BCUT2D eigenvalue weighted by Gasteiger charge is -2.50. The van der Waals surface area contributed by atoms with Crippen LogP contribution in [0.1, 0.15) is 26.2 Å². The molecule has 5 rings (SSSR count). The summed E-state index contributed by atoms with van der Waals surface area (Å²) in [6.45, 7) is -3.19. The zero-order valence-electron chi connectivity index (χ0n) is 35.6. The molecule has 0 bridgehead atoms. The summed E-state index contributed by atoms with van der Waals surface area (Å²) < 4.78 is 50.6. The summed E-state index contributed by atoms with van der Waals surface area (Å²) in [5.74, 6) is -1.21. The lowest BCUT2D eigenvalue weighted by Crippen LogP contribution is -2.69. The Morgan fingerprint density at radius 1 is 0.470 bits per heavy atom. The van der Waals surface area contributed by atoms with Crippen LogP contribution in [0.25, 0.3) is 0 Å². The van der Waals surface area contributed by atoms with Gasteiger partial charge in [-0.15, -0.1) is 0 Å². The number of nitrogens with one attached hydrogen (secondary N) is 2. The van der Waals surface area contributed by atoms with Gasteiger partial charge in [0.15, 0.2) is 31.4 Å². The smallest absolute Gasteiger partial charge is 0.241 e. The summed E-state index contributed by atoms with van der Waals surface area (Å²) >= 11 is 0. The first-order valence-electron chi connectivity index (χ1n) is 21.4. The molecule has 0 aliphatic carbocycles. The molecule has 5 saturated heterocycles. The van der Waals surface area contributed by atoms with Crippen LogP contribution in [0, 0.1) is 0 Å². The molecule has 18 unspecified atom stereocenters. The van der Waals surface area contributed by atoms with Crippen LogP contribution in [-0.4, -0.2) is 281 Å². The van der Waals surface area contributed by atoms with Crippen LogP contribution in [0.3, 0.4) is 0 Å². The first-order chi connectivity index (χ1) is 31.3. The van der Waals surface area contributed by atoms with Gasteiger partial charge in [-0.1, -0.05) is 13.3 Å². The highest BCUT2D eigenvalue weighted by atomic mass is 16.8. The van der Waals surface area contributed by atoms with Crippen molar-refractivity contribution < 1.29 is 129 Å². The SMILES string of the molecule is CCCCC(=O)NCC(=O)NC1OC(CO)[C@@H](O[C@@H]2OC(CO)[C@H](O)C(O[C@@H]3OC(CO)[C@@H](OC4OC(CO)[C@H](O)C(OC5OC(CO)[C@H](O)C(O)C5O)C4O)C(O)C3N)C2O)C(O)C1O. The van der Waals surface area contributed by atoms with Crippen molar-refractivity contribution in [2.24, 2.45) is 5.73 Å². The number of carbonyl (C=O) groups is 2. The number of rotatable bonds is 19. The number of ether oxygens (including phenoxy) is 9. The average molecular weight is 968 g/mol. The maximum absolute atomic E-state index is 12.5. The van der Waals surface area contributed by atoms with Crippen molar-refractivity contribution in [1.29, 1.82) is 0 Å². The standard InChI is InChI=1S/C37H65N3O26/c1-2-3-4-16(46)39-5-17(47)40-33-25(54)24(53)30(14(9-44)58-33)64-37-27(56)31(20(49)12(7-42)61-37)65-34-18(38)22(51)29(15(10-45)62-34)63-36-28(57)32(21(50)13(8-43)60-36)66-35-26(55)23(52)19(48)11(6-41)59-35/h11-15,18-37,41-45,48-57H,2-10,38H2,1H3,(H,39,46)(H,40,47)/t11?,12?,13?,14?,15?,18?,19-,20-,21-,22?,23?,24?,25?,26?,27?,28?,29+,30+,31?,32?,33?,34-,35?,36?,37-/m0/s1. The number of nitrogens with two attached hydrogens (primary N) is 1. The van der Waals surface area contributed by atoms with Crippen molar-refractivity contribution in [2.75, 3.05) is 39.6 Å². The fourth-order valence-corrected chi connectivity index (χ4v) is 8.02. The summed E-state index contributed by atoms with van der Waals surface area (Å²) in [6, 6.07) is -1.70. The first kappa shape index (κ1) is 54.9. The topological polar surface area (TPSA) is 471 Å². The van der Waals surface area contributed by atoms with Crippen LogP contribution in [0.2, 0.25) is 0 Å². The quantitative estimate of drug-likeness (QED) is 0.0571. The van der Waals surface area contributed by atoms with E-state index in [1.165, 1.54) is 0 Å². The summed E-state index contributed by atoms with van der Waals surface area (Å²) in [7, 11) is 0. The number of carbonyl (C=O) groups excluding carboxylic acids is 2. The molecule has 0 aromatic carbocycles. The molecule has 29 heteroatoms. The second-order valence-electron chi connectivity index (χ2n) is 16.5. The fraction of sp³-hybridized carbons (Fsp3) is 0.946. The molecule has 0 aromatic rings. The number of aliphatic hydroxyl groups excluding tert-OH is 15. The van der Waals surface area contributed by atoms with Crippen molar-refractivity contribution >= 4 is 11.8 Å². The van der Waals surface area contributed by atoms with Crippen molar-refractivity contribution in [3.63, 3.8) is 0 Å². The van der Waals surface area contributed by atoms with Gasteiger partial charge in [-0.05, 0) is 6.42 Å². The van der Waals surface area contributed by atoms with E-state index in [2.05, 4.69) is 10.6 Å². The second-order valence-corrected chi connectivity index (χ2v) is 16.5. The summed E-state index contributed by atoms with van der Waals surface area (Å²) in [4.78, 5) is 24.4. The Morgan fingerprint density at radius 2 is 0.894 bits per heavy atom. The van der Waals surface area contributed by atoms with Gasteiger partial charge in [-0.25, -0.2) is 0 Å². The number of aliphatic hydroxyl groups is 15. The van der Waals surface area contributed by atoms with E-state index in [4.69, 9.17) is 48.4 Å². The van der Waals surface area contributed by atoms with Gasteiger partial charge in [0.05, 0.1) is 45.6 Å². The molecule has 2 amide bonds. The van der Waals surface area contributed by atoms with E-state index < -0.39 is 205 Å². The van der Waals surface area contributed by atoms with Crippen molar-refractivity contribution in [3.8, 4) is 0 Å². The molecule has 0 radical (unpaired) electrons. The maximum atomic E-state index is 12.5. The van der Waals surface area contributed by atoms with Crippen LogP contribution >= 0.6 is 0 Å². The van der Waals surface area contributed by atoms with Crippen molar-refractivity contribution in [1.82, 2.24) is 10.6 Å². The minimum atomic E-state index is -2.08. The molecule has 25 atom stereocenters. The molecular weight excluding hydrogens is 902 g/mol. The highest BCUT2D eigenvalue weighted by Crippen LogP contribution is 2.35. The Morgan fingerprint density at radius 3 is 1.39 bits per heavy atom. The Hall–Kier alpha value is -2.06. The van der Waals surface area contributed by atoms with Gasteiger partial charge < -0.3 is 136 Å². The van der Waals surface area contributed by atoms with Crippen LogP contribution < -0.4 is 16.4 Å². The first-order valence-corrected chi connectivity index (χ1v) is 21.4. The van der Waals surface area contributed by atoms with Gasteiger partial charge in [0.2, 0.25) is 11.8 Å². The van der Waals surface area contributed by atoms with E-state index in [0.29, 0.717) is 6.42 Å². The zero-order valence-corrected chi connectivity index (χ0v) is 35.6. The molecule has 5 fully saturated rings. The Kier molecular flexibility index (Phi) is 20.5. The Bertz CT molecular complexity index is 1510. The van der Waals surface area contributed by atoms with Gasteiger partial charge in [0.1, 0.15) is 116 Å². The lowest BCUT2D eigenvalue weighted by atomic mass is 9.94. The van der Waals surface area contributed by atoms with Crippen LogP contribution in [0.5, 0.6) is 0 Å². The molecule has 19 N–H and O–H groups in total. The molecule has 0 saturated carbocycles. The van der Waals surface area contributed by atoms with E-state index in [1.54, 1.807) is 0 Å². The third-order valence-corrected chi connectivity index (χ3v) is 11.9. The molecule has 66 heavy (non-hydrogen) atoms. The number of amides is 2. The number of hydrogen-bond acceptors (Lipinski definition) is 27.